The van der Waals surface area contributed by atoms with Crippen LogP contribution in [0.25, 0.3) is 0 Å². The first-order valence-corrected chi connectivity index (χ1v) is 8.04. The van der Waals surface area contributed by atoms with Crippen LogP contribution in [0.15, 0.2) is 24.3 Å². The number of ether oxygens (including phenoxy) is 1. The standard InChI is InChI=1S/C16H19F2N5O2/c1-3-25-12-7-5-4-6-10(12)20-15(24)14-21-16-19-9(2)8-11(13(17)18)23(16)22-14/h4-7,9,11,13H,3,8H2,1-2H3,(H,20,24)(H,19,21,22)/t9-,11-/m0/s1. The zero-order chi connectivity index (χ0) is 18.0. The molecule has 0 aliphatic carbocycles. The van der Waals surface area contributed by atoms with E-state index in [0.717, 1.165) is 4.68 Å². The molecule has 0 spiro atoms. The molecule has 1 aliphatic rings. The first kappa shape index (κ1) is 17.1. The fourth-order valence-corrected chi connectivity index (χ4v) is 2.73. The van der Waals surface area contributed by atoms with Gasteiger partial charge in [-0.05, 0) is 32.4 Å². The van der Waals surface area contributed by atoms with E-state index in [0.29, 0.717) is 18.0 Å². The minimum Gasteiger partial charge on any atom is -0.492 e. The minimum absolute atomic E-state index is 0.173. The van der Waals surface area contributed by atoms with Crippen LogP contribution in [-0.4, -0.2) is 39.7 Å². The highest BCUT2D eigenvalue weighted by molar-refractivity contribution is 6.02. The van der Waals surface area contributed by atoms with E-state index < -0.39 is 18.4 Å². The number of nitrogens with one attached hydrogen (secondary N) is 2. The molecule has 7 nitrogen and oxygen atoms in total. The molecule has 0 saturated heterocycles. The molecule has 3 rings (SSSR count). The minimum atomic E-state index is -2.58. The molecule has 9 heteroatoms. The van der Waals surface area contributed by atoms with Gasteiger partial charge in [0.2, 0.25) is 11.8 Å². The van der Waals surface area contributed by atoms with Crippen molar-refractivity contribution in [3.63, 3.8) is 0 Å². The number of halogens is 2. The number of alkyl halides is 2. The zero-order valence-corrected chi connectivity index (χ0v) is 13.9. The molecule has 134 valence electrons. The molecule has 1 amide bonds. The fraction of sp³-hybridized carbons (Fsp3) is 0.438. The molecule has 0 saturated carbocycles. The van der Waals surface area contributed by atoms with E-state index in [4.69, 9.17) is 4.74 Å². The Morgan fingerprint density at radius 1 is 1.48 bits per heavy atom. The molecule has 2 aromatic rings. The van der Waals surface area contributed by atoms with Gasteiger partial charge in [-0.1, -0.05) is 12.1 Å². The summed E-state index contributed by atoms with van der Waals surface area (Å²) in [7, 11) is 0. The average Bonchev–Trinajstić information content (AvgIpc) is 2.99. The van der Waals surface area contributed by atoms with Crippen LogP contribution in [0.1, 0.15) is 36.9 Å². The fourth-order valence-electron chi connectivity index (χ4n) is 2.73. The highest BCUT2D eigenvalue weighted by Crippen LogP contribution is 2.30. The molecule has 1 aromatic carbocycles. The lowest BCUT2D eigenvalue weighted by molar-refractivity contribution is 0.0662. The summed E-state index contributed by atoms with van der Waals surface area (Å²) in [6, 6.07) is 5.66. The number of hydrogen-bond donors (Lipinski definition) is 2. The van der Waals surface area contributed by atoms with E-state index >= 15 is 0 Å². The summed E-state index contributed by atoms with van der Waals surface area (Å²) in [6.07, 6.45) is -2.37. The van der Waals surface area contributed by atoms with Gasteiger partial charge in [0.25, 0.3) is 12.3 Å². The summed E-state index contributed by atoms with van der Waals surface area (Å²) in [6.45, 7) is 4.06. The zero-order valence-electron chi connectivity index (χ0n) is 13.9. The average molecular weight is 351 g/mol. The van der Waals surface area contributed by atoms with Gasteiger partial charge in [-0.15, -0.1) is 5.10 Å². The number of fused-ring (bicyclic) bond motifs is 1. The molecule has 2 heterocycles. The van der Waals surface area contributed by atoms with Crippen molar-refractivity contribution in [2.75, 3.05) is 17.2 Å². The third-order valence-electron chi connectivity index (χ3n) is 3.85. The second-order valence-electron chi connectivity index (χ2n) is 5.77. The summed E-state index contributed by atoms with van der Waals surface area (Å²) in [5.74, 6) is -0.0723. The summed E-state index contributed by atoms with van der Waals surface area (Å²) in [5.41, 5.74) is 0.467. The molecule has 0 unspecified atom stereocenters. The maximum atomic E-state index is 13.2. The Balaban J connectivity index is 1.84. The number of para-hydroxylation sites is 2. The number of amides is 1. The molecular weight excluding hydrogens is 332 g/mol. The van der Waals surface area contributed by atoms with Gasteiger partial charge in [0.15, 0.2) is 0 Å². The van der Waals surface area contributed by atoms with E-state index in [2.05, 4.69) is 20.7 Å². The van der Waals surface area contributed by atoms with Crippen LogP contribution in [0.4, 0.5) is 20.4 Å². The molecule has 1 aliphatic heterocycles. The molecular formula is C16H19F2N5O2. The van der Waals surface area contributed by atoms with Crippen molar-refractivity contribution in [3.05, 3.63) is 30.1 Å². The number of anilines is 2. The second-order valence-corrected chi connectivity index (χ2v) is 5.77. The van der Waals surface area contributed by atoms with Crippen LogP contribution in [-0.2, 0) is 0 Å². The molecule has 0 fully saturated rings. The number of aromatic nitrogens is 3. The third-order valence-corrected chi connectivity index (χ3v) is 3.85. The van der Waals surface area contributed by atoms with Gasteiger partial charge in [0.1, 0.15) is 11.8 Å². The van der Waals surface area contributed by atoms with Crippen LogP contribution < -0.4 is 15.4 Å². The quantitative estimate of drug-likeness (QED) is 0.866. The van der Waals surface area contributed by atoms with Crippen molar-refractivity contribution in [3.8, 4) is 5.75 Å². The van der Waals surface area contributed by atoms with Crippen LogP contribution >= 0.6 is 0 Å². The molecule has 2 N–H and O–H groups in total. The number of nitrogens with zero attached hydrogens (tertiary/aromatic N) is 3. The van der Waals surface area contributed by atoms with Gasteiger partial charge in [-0.2, -0.15) is 4.98 Å². The lowest BCUT2D eigenvalue weighted by Gasteiger charge is -2.28. The largest absolute Gasteiger partial charge is 0.492 e. The first-order valence-electron chi connectivity index (χ1n) is 8.04. The summed E-state index contributed by atoms with van der Waals surface area (Å²) >= 11 is 0. The Morgan fingerprint density at radius 2 is 2.24 bits per heavy atom. The Labute approximate surface area is 143 Å². The van der Waals surface area contributed by atoms with Crippen LogP contribution in [0.5, 0.6) is 5.75 Å². The van der Waals surface area contributed by atoms with Gasteiger partial charge < -0.3 is 15.4 Å². The summed E-state index contributed by atoms with van der Waals surface area (Å²) < 4.78 is 33.0. The van der Waals surface area contributed by atoms with Crippen molar-refractivity contribution < 1.29 is 18.3 Å². The Hall–Kier alpha value is -2.71. The Morgan fingerprint density at radius 3 is 2.96 bits per heavy atom. The maximum absolute atomic E-state index is 13.2. The van der Waals surface area contributed by atoms with E-state index in [9.17, 15) is 13.6 Å². The SMILES string of the molecule is CCOc1ccccc1NC(=O)c1nc2n(n1)[C@H](C(F)F)C[C@H](C)N2. The Bertz CT molecular complexity index is 765. The van der Waals surface area contributed by atoms with Gasteiger partial charge in [-0.3, -0.25) is 4.79 Å². The van der Waals surface area contributed by atoms with E-state index in [-0.39, 0.29) is 24.2 Å². The highest BCUT2D eigenvalue weighted by Gasteiger charge is 2.34. The van der Waals surface area contributed by atoms with Gasteiger partial charge in [0.05, 0.1) is 12.3 Å². The molecule has 0 radical (unpaired) electrons. The van der Waals surface area contributed by atoms with Gasteiger partial charge in [-0.25, -0.2) is 13.5 Å². The Kier molecular flexibility index (Phi) is 4.82. The molecule has 25 heavy (non-hydrogen) atoms. The van der Waals surface area contributed by atoms with Crippen molar-refractivity contribution in [2.45, 2.75) is 38.8 Å². The summed E-state index contributed by atoms with van der Waals surface area (Å²) in [4.78, 5) is 16.5. The number of hydrogen-bond acceptors (Lipinski definition) is 5. The van der Waals surface area contributed by atoms with Crippen molar-refractivity contribution in [1.82, 2.24) is 14.8 Å². The molecule has 2 atom stereocenters. The van der Waals surface area contributed by atoms with Crippen LogP contribution in [0, 0.1) is 0 Å². The molecule has 1 aromatic heterocycles. The first-order chi connectivity index (χ1) is 12.0. The lowest BCUT2D eigenvalue weighted by atomic mass is 10.1. The predicted octanol–water partition coefficient (Wildman–Crippen LogP) is 2.94. The summed E-state index contributed by atoms with van der Waals surface area (Å²) in [5, 5.41) is 9.60. The highest BCUT2D eigenvalue weighted by atomic mass is 19.3. The normalized spacial score (nSPS) is 19.2. The van der Waals surface area contributed by atoms with Crippen molar-refractivity contribution in [1.29, 1.82) is 0 Å². The third kappa shape index (κ3) is 3.54. The van der Waals surface area contributed by atoms with Crippen molar-refractivity contribution >= 4 is 17.5 Å². The smallest absolute Gasteiger partial charge is 0.295 e. The van der Waals surface area contributed by atoms with Gasteiger partial charge >= 0.3 is 0 Å². The van der Waals surface area contributed by atoms with Crippen LogP contribution in [0.2, 0.25) is 0 Å². The monoisotopic (exact) mass is 351 g/mol. The lowest BCUT2D eigenvalue weighted by Crippen LogP contribution is -2.33. The van der Waals surface area contributed by atoms with Gasteiger partial charge in [0, 0.05) is 6.04 Å². The number of carbonyl (C=O) groups is 1. The van der Waals surface area contributed by atoms with E-state index in [1.807, 2.05) is 6.92 Å². The maximum Gasteiger partial charge on any atom is 0.295 e. The van der Waals surface area contributed by atoms with E-state index in [1.165, 1.54) is 0 Å². The molecule has 0 bridgehead atoms. The van der Waals surface area contributed by atoms with Crippen LogP contribution in [0.3, 0.4) is 0 Å². The van der Waals surface area contributed by atoms with E-state index in [1.54, 1.807) is 31.2 Å². The number of rotatable bonds is 5. The number of carbonyl (C=O) groups excluding carboxylic acids is 1. The predicted molar refractivity (Wildman–Crippen MR) is 88.3 cm³/mol. The van der Waals surface area contributed by atoms with Crippen molar-refractivity contribution in [2.24, 2.45) is 0 Å². The second kappa shape index (κ2) is 7.04. The topological polar surface area (TPSA) is 81.1 Å². The number of benzene rings is 1.